The Balaban J connectivity index is 3.22. The topological polar surface area (TPSA) is 29.3 Å². The minimum atomic E-state index is -1.48. The van der Waals surface area contributed by atoms with Crippen LogP contribution in [0, 0.1) is 17.5 Å². The molecule has 1 unspecified atom stereocenters. The molecule has 0 fully saturated rings. The Bertz CT molecular complexity index is 416. The fraction of sp³-hybridized carbons (Fsp3) is 0.500. The Morgan fingerprint density at radius 1 is 1.12 bits per heavy atom. The molecule has 1 rings (SSSR count). The second-order valence-electron chi connectivity index (χ2n) is 4.79. The summed E-state index contributed by atoms with van der Waals surface area (Å²) in [4.78, 5) is 1.80. The number of hydrogen-bond acceptors (Lipinski definition) is 2. The minimum absolute atomic E-state index is 0.0254. The SMILES string of the molecule is CN(C)C(C)(C)C(N)c1ccc(F)c(F)c1F. The first-order chi connectivity index (χ1) is 7.69. The summed E-state index contributed by atoms with van der Waals surface area (Å²) in [6.07, 6.45) is 0. The molecule has 0 heterocycles. The molecular formula is C12H17F3N2. The third-order valence-electron chi connectivity index (χ3n) is 3.31. The van der Waals surface area contributed by atoms with Crippen molar-refractivity contribution in [1.82, 2.24) is 4.90 Å². The van der Waals surface area contributed by atoms with Crippen molar-refractivity contribution in [2.45, 2.75) is 25.4 Å². The minimum Gasteiger partial charge on any atom is -0.322 e. The molecule has 0 aliphatic rings. The predicted molar refractivity (Wildman–Crippen MR) is 61.0 cm³/mol. The first-order valence-corrected chi connectivity index (χ1v) is 5.26. The average Bonchev–Trinajstić information content (AvgIpc) is 2.25. The standard InChI is InChI=1S/C12H17F3N2/c1-12(2,17(3)4)11(16)7-5-6-8(13)10(15)9(7)14/h5-6,11H,16H2,1-4H3. The summed E-state index contributed by atoms with van der Waals surface area (Å²) in [7, 11) is 3.58. The van der Waals surface area contributed by atoms with Crippen LogP contribution in [0.4, 0.5) is 13.2 Å². The molecule has 0 aliphatic heterocycles. The van der Waals surface area contributed by atoms with Crippen molar-refractivity contribution in [3.63, 3.8) is 0 Å². The molecule has 0 aromatic heterocycles. The van der Waals surface area contributed by atoms with Crippen LogP contribution in [0.25, 0.3) is 0 Å². The third kappa shape index (κ3) is 2.45. The second-order valence-corrected chi connectivity index (χ2v) is 4.79. The number of hydrogen-bond donors (Lipinski definition) is 1. The molecular weight excluding hydrogens is 229 g/mol. The fourth-order valence-electron chi connectivity index (χ4n) is 1.44. The van der Waals surface area contributed by atoms with Gasteiger partial charge < -0.3 is 10.6 Å². The average molecular weight is 246 g/mol. The number of likely N-dealkylation sites (N-methyl/N-ethyl adjacent to an activating group) is 1. The van der Waals surface area contributed by atoms with Crippen molar-refractivity contribution in [3.8, 4) is 0 Å². The zero-order chi connectivity index (χ0) is 13.4. The van der Waals surface area contributed by atoms with Crippen LogP contribution in [0.3, 0.4) is 0 Å². The van der Waals surface area contributed by atoms with Gasteiger partial charge in [0.15, 0.2) is 17.5 Å². The number of nitrogens with two attached hydrogens (primary N) is 1. The quantitative estimate of drug-likeness (QED) is 0.830. The number of nitrogens with zero attached hydrogens (tertiary/aromatic N) is 1. The predicted octanol–water partition coefficient (Wildman–Crippen LogP) is 2.44. The second kappa shape index (κ2) is 4.66. The normalized spacial score (nSPS) is 14.2. The Hall–Kier alpha value is -1.07. The third-order valence-corrected chi connectivity index (χ3v) is 3.31. The highest BCUT2D eigenvalue weighted by molar-refractivity contribution is 5.26. The summed E-state index contributed by atoms with van der Waals surface area (Å²) in [5.41, 5.74) is 5.32. The van der Waals surface area contributed by atoms with Crippen molar-refractivity contribution in [1.29, 1.82) is 0 Å². The van der Waals surface area contributed by atoms with Gasteiger partial charge in [-0.3, -0.25) is 0 Å². The summed E-state index contributed by atoms with van der Waals surface area (Å²) in [5, 5.41) is 0. The maximum atomic E-state index is 13.6. The zero-order valence-electron chi connectivity index (χ0n) is 10.4. The van der Waals surface area contributed by atoms with Crippen molar-refractivity contribution >= 4 is 0 Å². The molecule has 5 heteroatoms. The number of halogens is 3. The van der Waals surface area contributed by atoms with Gasteiger partial charge in [0.1, 0.15) is 0 Å². The van der Waals surface area contributed by atoms with Crippen molar-refractivity contribution in [2.75, 3.05) is 14.1 Å². The Morgan fingerprint density at radius 3 is 2.12 bits per heavy atom. The van der Waals surface area contributed by atoms with Crippen LogP contribution in [0.2, 0.25) is 0 Å². The lowest BCUT2D eigenvalue weighted by atomic mass is 9.88. The van der Waals surface area contributed by atoms with Crippen LogP contribution in [0.1, 0.15) is 25.5 Å². The molecule has 0 amide bonds. The molecule has 1 aromatic carbocycles. The van der Waals surface area contributed by atoms with Crippen LogP contribution in [-0.4, -0.2) is 24.5 Å². The highest BCUT2D eigenvalue weighted by atomic mass is 19.2. The molecule has 2 N–H and O–H groups in total. The van der Waals surface area contributed by atoms with E-state index in [1.807, 2.05) is 0 Å². The monoisotopic (exact) mass is 246 g/mol. The van der Waals surface area contributed by atoms with E-state index in [2.05, 4.69) is 0 Å². The molecule has 0 saturated carbocycles. The van der Waals surface area contributed by atoms with Gasteiger partial charge in [0, 0.05) is 11.1 Å². The molecule has 1 aromatic rings. The zero-order valence-corrected chi connectivity index (χ0v) is 10.4. The van der Waals surface area contributed by atoms with Crippen molar-refractivity contribution in [3.05, 3.63) is 35.1 Å². The lowest BCUT2D eigenvalue weighted by Crippen LogP contribution is -2.47. The summed E-state index contributed by atoms with van der Waals surface area (Å²) in [6.45, 7) is 3.61. The van der Waals surface area contributed by atoms with Gasteiger partial charge in [-0.1, -0.05) is 6.07 Å². The van der Waals surface area contributed by atoms with E-state index >= 15 is 0 Å². The maximum absolute atomic E-state index is 13.6. The Kier molecular flexibility index (Phi) is 3.84. The van der Waals surface area contributed by atoms with Gasteiger partial charge in [0.05, 0.1) is 6.04 Å². The lowest BCUT2D eigenvalue weighted by molar-refractivity contribution is 0.156. The van der Waals surface area contributed by atoms with E-state index in [4.69, 9.17) is 5.73 Å². The summed E-state index contributed by atoms with van der Waals surface area (Å²) in [5.74, 6) is -3.90. The van der Waals surface area contributed by atoms with Gasteiger partial charge in [-0.2, -0.15) is 0 Å². The lowest BCUT2D eigenvalue weighted by Gasteiger charge is -2.38. The van der Waals surface area contributed by atoms with E-state index in [0.717, 1.165) is 6.07 Å². The van der Waals surface area contributed by atoms with Crippen molar-refractivity contribution < 1.29 is 13.2 Å². The van der Waals surface area contributed by atoms with E-state index in [1.54, 1.807) is 32.8 Å². The summed E-state index contributed by atoms with van der Waals surface area (Å²) in [6, 6.07) is 1.32. The van der Waals surface area contributed by atoms with Gasteiger partial charge in [-0.15, -0.1) is 0 Å². The van der Waals surface area contributed by atoms with Gasteiger partial charge in [-0.05, 0) is 34.0 Å². The number of benzene rings is 1. The number of rotatable bonds is 3. The van der Waals surface area contributed by atoms with Crippen LogP contribution in [0.15, 0.2) is 12.1 Å². The smallest absolute Gasteiger partial charge is 0.194 e. The first kappa shape index (κ1) is 14.0. The van der Waals surface area contributed by atoms with Crippen LogP contribution >= 0.6 is 0 Å². The highest BCUT2D eigenvalue weighted by Gasteiger charge is 2.32. The molecule has 0 aliphatic carbocycles. The highest BCUT2D eigenvalue weighted by Crippen LogP contribution is 2.30. The summed E-state index contributed by atoms with van der Waals surface area (Å²) < 4.78 is 39.5. The molecule has 17 heavy (non-hydrogen) atoms. The largest absolute Gasteiger partial charge is 0.322 e. The molecule has 0 radical (unpaired) electrons. The molecule has 96 valence electrons. The van der Waals surface area contributed by atoms with E-state index < -0.39 is 29.0 Å². The van der Waals surface area contributed by atoms with E-state index in [9.17, 15) is 13.2 Å². The van der Waals surface area contributed by atoms with Crippen LogP contribution < -0.4 is 5.73 Å². The Morgan fingerprint density at radius 2 is 1.65 bits per heavy atom. The van der Waals surface area contributed by atoms with Crippen molar-refractivity contribution in [2.24, 2.45) is 5.73 Å². The van der Waals surface area contributed by atoms with E-state index in [-0.39, 0.29) is 5.56 Å². The van der Waals surface area contributed by atoms with Crippen LogP contribution in [0.5, 0.6) is 0 Å². The Labute approximate surface area is 99.2 Å². The van der Waals surface area contributed by atoms with E-state index in [1.165, 1.54) is 6.07 Å². The van der Waals surface area contributed by atoms with Gasteiger partial charge in [0.2, 0.25) is 0 Å². The van der Waals surface area contributed by atoms with Gasteiger partial charge in [0.25, 0.3) is 0 Å². The molecule has 2 nitrogen and oxygen atoms in total. The van der Waals surface area contributed by atoms with Gasteiger partial charge in [-0.25, -0.2) is 13.2 Å². The molecule has 0 saturated heterocycles. The molecule has 1 atom stereocenters. The molecule has 0 spiro atoms. The first-order valence-electron chi connectivity index (χ1n) is 5.26. The molecule has 0 bridgehead atoms. The van der Waals surface area contributed by atoms with Crippen LogP contribution in [-0.2, 0) is 0 Å². The summed E-state index contributed by atoms with van der Waals surface area (Å²) >= 11 is 0. The maximum Gasteiger partial charge on any atom is 0.194 e. The fourth-order valence-corrected chi connectivity index (χ4v) is 1.44. The van der Waals surface area contributed by atoms with E-state index in [0.29, 0.717) is 0 Å². The van der Waals surface area contributed by atoms with Gasteiger partial charge >= 0.3 is 0 Å².